The van der Waals surface area contributed by atoms with Crippen molar-refractivity contribution >= 4 is 47.7 Å². The lowest BCUT2D eigenvalue weighted by atomic mass is 10.6. The number of thiol groups is 1. The normalized spacial score (nSPS) is 7.92. The van der Waals surface area contributed by atoms with Crippen LogP contribution in [0.15, 0.2) is 0 Å². The SMILES string of the molecule is CCN(CC)C(=S)OS.NC(O)=S. The van der Waals surface area contributed by atoms with Crippen molar-refractivity contribution in [1.82, 2.24) is 4.90 Å². The number of aliphatic hydroxyl groups is 1. The van der Waals surface area contributed by atoms with Crippen LogP contribution >= 0.6 is 37.3 Å². The largest absolute Gasteiger partial charge is 0.487 e. The van der Waals surface area contributed by atoms with E-state index in [1.54, 1.807) is 0 Å². The van der Waals surface area contributed by atoms with Crippen LogP contribution in [0.25, 0.3) is 0 Å². The Morgan fingerprint density at radius 2 is 1.77 bits per heavy atom. The summed E-state index contributed by atoms with van der Waals surface area (Å²) >= 11 is 12.3. The quantitative estimate of drug-likeness (QED) is 0.385. The van der Waals surface area contributed by atoms with Gasteiger partial charge in [0, 0.05) is 26.0 Å². The Hall–Kier alpha value is -0.270. The smallest absolute Gasteiger partial charge is 0.271 e. The van der Waals surface area contributed by atoms with Gasteiger partial charge in [0.05, 0.1) is 0 Å². The highest BCUT2D eigenvalue weighted by atomic mass is 32.1. The summed E-state index contributed by atoms with van der Waals surface area (Å²) in [7, 11) is 0. The van der Waals surface area contributed by atoms with Crippen molar-refractivity contribution in [3.8, 4) is 0 Å². The molecule has 0 aliphatic heterocycles. The summed E-state index contributed by atoms with van der Waals surface area (Å²) in [5.74, 6) is 0. The predicted molar refractivity (Wildman–Crippen MR) is 65.0 cm³/mol. The van der Waals surface area contributed by atoms with Gasteiger partial charge in [0.1, 0.15) is 0 Å². The van der Waals surface area contributed by atoms with Crippen molar-refractivity contribution in [2.45, 2.75) is 13.8 Å². The van der Waals surface area contributed by atoms with E-state index in [1.807, 2.05) is 18.7 Å². The zero-order chi connectivity index (χ0) is 10.9. The number of hydrogen-bond donors (Lipinski definition) is 3. The third-order valence-electron chi connectivity index (χ3n) is 1.10. The van der Waals surface area contributed by atoms with Crippen molar-refractivity contribution in [3.63, 3.8) is 0 Å². The molecule has 0 rings (SSSR count). The maximum Gasteiger partial charge on any atom is 0.271 e. The van der Waals surface area contributed by atoms with Gasteiger partial charge >= 0.3 is 0 Å². The summed E-state index contributed by atoms with van der Waals surface area (Å²) in [6, 6.07) is 0. The zero-order valence-electron chi connectivity index (χ0n) is 7.56. The molecule has 3 N–H and O–H groups in total. The number of aliphatic hydroxyl groups excluding tert-OH is 1. The molecule has 0 aliphatic rings. The molecule has 13 heavy (non-hydrogen) atoms. The third-order valence-corrected chi connectivity index (χ3v) is 1.74. The summed E-state index contributed by atoms with van der Waals surface area (Å²) in [4.78, 5) is 1.91. The van der Waals surface area contributed by atoms with Gasteiger partial charge in [-0.3, -0.25) is 0 Å². The van der Waals surface area contributed by atoms with Crippen LogP contribution in [0.3, 0.4) is 0 Å². The molecule has 0 heterocycles. The first-order valence-corrected chi connectivity index (χ1v) is 4.76. The number of rotatable bonds is 2. The van der Waals surface area contributed by atoms with Gasteiger partial charge in [-0.1, -0.05) is 0 Å². The van der Waals surface area contributed by atoms with Gasteiger partial charge in [-0.25, -0.2) is 0 Å². The first-order chi connectivity index (χ1) is 5.99. The van der Waals surface area contributed by atoms with Gasteiger partial charge < -0.3 is 19.9 Å². The lowest BCUT2D eigenvalue weighted by molar-refractivity contribution is 0.403. The van der Waals surface area contributed by atoms with E-state index < -0.39 is 5.17 Å². The maximum atomic E-state index is 7.56. The van der Waals surface area contributed by atoms with Crippen molar-refractivity contribution in [3.05, 3.63) is 0 Å². The van der Waals surface area contributed by atoms with E-state index in [9.17, 15) is 0 Å². The molecule has 0 aromatic heterocycles. The van der Waals surface area contributed by atoms with Crippen LogP contribution in [0.2, 0.25) is 0 Å². The van der Waals surface area contributed by atoms with Gasteiger partial charge in [0.2, 0.25) is 0 Å². The Morgan fingerprint density at radius 3 is 1.85 bits per heavy atom. The van der Waals surface area contributed by atoms with E-state index in [1.165, 1.54) is 0 Å². The second-order valence-corrected chi connectivity index (χ2v) is 2.82. The maximum absolute atomic E-state index is 7.56. The second kappa shape index (κ2) is 9.82. The molecule has 78 valence electrons. The molecule has 0 unspecified atom stereocenters. The Morgan fingerprint density at radius 1 is 1.46 bits per heavy atom. The summed E-state index contributed by atoms with van der Waals surface area (Å²) in [5, 5.41) is 7.51. The predicted octanol–water partition coefficient (Wildman–Crippen LogP) is 1.26. The number of hydrogen-bond acceptors (Lipinski definition) is 4. The number of thiocarbonyl (C=S) groups is 2. The van der Waals surface area contributed by atoms with Gasteiger partial charge in [0.25, 0.3) is 10.3 Å². The molecule has 0 fully saturated rings. The molecular formula is C6H14N2O2S3. The minimum absolute atomic E-state index is 0.448. The van der Waals surface area contributed by atoms with Crippen molar-refractivity contribution < 1.29 is 9.29 Å². The molecule has 4 nitrogen and oxygen atoms in total. The molecule has 0 aromatic carbocycles. The first-order valence-electron chi connectivity index (χ1n) is 3.58. The van der Waals surface area contributed by atoms with Crippen LogP contribution in [0, 0.1) is 0 Å². The molecule has 0 bridgehead atoms. The standard InChI is InChI=1S/C5H11NOS2.CH3NOS/c1-3-6(4-2)5(8)7-9;2-1(3)4/h9H,3-4H2,1-2H3;(H3,2,3,4). The fourth-order valence-electron chi connectivity index (χ4n) is 0.540. The first kappa shape index (κ1) is 15.2. The van der Waals surface area contributed by atoms with Crippen LogP contribution in [-0.4, -0.2) is 33.4 Å². The lowest BCUT2D eigenvalue weighted by Crippen LogP contribution is -2.28. The van der Waals surface area contributed by atoms with Crippen molar-refractivity contribution in [2.75, 3.05) is 13.1 Å². The van der Waals surface area contributed by atoms with E-state index in [2.05, 4.69) is 35.0 Å². The van der Waals surface area contributed by atoms with Crippen LogP contribution < -0.4 is 5.73 Å². The average molecular weight is 242 g/mol. The topological polar surface area (TPSA) is 58.7 Å². The van der Waals surface area contributed by atoms with E-state index in [0.717, 1.165) is 13.1 Å². The molecule has 0 aliphatic carbocycles. The molecule has 0 amide bonds. The molecule has 7 heteroatoms. The molecule has 0 saturated heterocycles. The molecule has 0 aromatic rings. The lowest BCUT2D eigenvalue weighted by Gasteiger charge is -2.18. The molecule has 0 spiro atoms. The van der Waals surface area contributed by atoms with E-state index >= 15 is 0 Å². The van der Waals surface area contributed by atoms with Crippen molar-refractivity contribution in [2.24, 2.45) is 5.73 Å². The highest BCUT2D eigenvalue weighted by molar-refractivity contribution is 7.82. The average Bonchev–Trinajstić information content (AvgIpc) is 2.05. The number of nitrogens with zero attached hydrogens (tertiary/aromatic N) is 1. The van der Waals surface area contributed by atoms with E-state index in [0.29, 0.717) is 5.17 Å². The second-order valence-electron chi connectivity index (χ2n) is 1.87. The van der Waals surface area contributed by atoms with Gasteiger partial charge in [-0.15, -0.1) is 0 Å². The Labute approximate surface area is 94.7 Å². The van der Waals surface area contributed by atoms with Gasteiger partial charge in [-0.2, -0.15) is 0 Å². The molecule has 0 saturated carbocycles. The van der Waals surface area contributed by atoms with Gasteiger partial charge in [0.15, 0.2) is 0 Å². The minimum atomic E-state index is -0.500. The highest BCUT2D eigenvalue weighted by Gasteiger charge is 2.02. The van der Waals surface area contributed by atoms with Crippen LogP contribution in [-0.2, 0) is 4.18 Å². The summed E-state index contributed by atoms with van der Waals surface area (Å²) < 4.78 is 4.55. The number of nitrogens with two attached hydrogens (primary N) is 1. The zero-order valence-corrected chi connectivity index (χ0v) is 10.1. The fourth-order valence-corrected chi connectivity index (χ4v) is 0.913. The Bertz CT molecular complexity index is 158. The third kappa shape index (κ3) is 11.7. The van der Waals surface area contributed by atoms with E-state index in [4.69, 9.17) is 17.3 Å². The Balaban J connectivity index is 0. The summed E-state index contributed by atoms with van der Waals surface area (Å²) in [6.07, 6.45) is 0. The molecule has 0 radical (unpaired) electrons. The van der Waals surface area contributed by atoms with E-state index in [-0.39, 0.29) is 0 Å². The fraction of sp³-hybridized carbons (Fsp3) is 0.667. The molecule has 0 atom stereocenters. The molecular weight excluding hydrogens is 228 g/mol. The van der Waals surface area contributed by atoms with Crippen LogP contribution in [0.5, 0.6) is 0 Å². The summed E-state index contributed by atoms with van der Waals surface area (Å²) in [5.41, 5.74) is 4.40. The van der Waals surface area contributed by atoms with Crippen molar-refractivity contribution in [1.29, 1.82) is 0 Å². The van der Waals surface area contributed by atoms with Crippen LogP contribution in [0.4, 0.5) is 0 Å². The van der Waals surface area contributed by atoms with Gasteiger partial charge in [-0.05, 0) is 38.3 Å². The highest BCUT2D eigenvalue weighted by Crippen LogP contribution is 1.94. The van der Waals surface area contributed by atoms with Crippen LogP contribution in [0.1, 0.15) is 13.8 Å². The minimum Gasteiger partial charge on any atom is -0.487 e. The Kier molecular flexibility index (Phi) is 11.5. The summed E-state index contributed by atoms with van der Waals surface area (Å²) in [6.45, 7) is 5.77. The monoisotopic (exact) mass is 242 g/mol.